The van der Waals surface area contributed by atoms with Gasteiger partial charge in [-0.2, -0.15) is 0 Å². The van der Waals surface area contributed by atoms with Crippen molar-refractivity contribution in [2.75, 3.05) is 0 Å². The molecule has 0 atom stereocenters. The van der Waals surface area contributed by atoms with Crippen molar-refractivity contribution in [3.63, 3.8) is 0 Å². The number of hydrogen-bond donors (Lipinski definition) is 0. The molecule has 12 aromatic carbocycles. The van der Waals surface area contributed by atoms with Crippen molar-refractivity contribution in [2.24, 2.45) is 0 Å². The minimum atomic E-state index is 1.31. The third-order valence-electron chi connectivity index (χ3n) is 14.6. The highest BCUT2D eigenvalue weighted by Crippen LogP contribution is 2.54. The van der Waals surface area contributed by atoms with E-state index in [4.69, 9.17) is 0 Å². The standard InChI is InChI=1S/C62H48/c1-33-15-9-16-34(2)53(33)45-27-29-47(55-37(5)19-11-20-38(55)6)61-51-31-49-42-24-14-26-44-58(42)52(32-50(49)41-23-13-25-43(57(41)51)59(45)61)62-48(56-39(7)21-12-22-40(56)8)30-28-46(60(44)62)54-35(3)17-10-18-36(54)4/h9-32H,1-8H3. The molecular weight excluding hydrogens is 745 g/mol. The van der Waals surface area contributed by atoms with Crippen LogP contribution in [0.4, 0.5) is 0 Å². The van der Waals surface area contributed by atoms with E-state index in [-0.39, 0.29) is 0 Å². The van der Waals surface area contributed by atoms with Crippen LogP contribution in [0.15, 0.2) is 146 Å². The fourth-order valence-corrected chi connectivity index (χ4v) is 12.1. The van der Waals surface area contributed by atoms with Gasteiger partial charge in [0.05, 0.1) is 0 Å². The molecule has 0 aliphatic heterocycles. The predicted molar refractivity (Wildman–Crippen MR) is 271 cm³/mol. The average molecular weight is 793 g/mol. The third-order valence-corrected chi connectivity index (χ3v) is 14.6. The van der Waals surface area contributed by atoms with E-state index in [2.05, 4.69) is 201 Å². The zero-order chi connectivity index (χ0) is 42.3. The van der Waals surface area contributed by atoms with E-state index in [1.54, 1.807) is 0 Å². The van der Waals surface area contributed by atoms with Gasteiger partial charge in [-0.25, -0.2) is 0 Å². The molecule has 0 N–H and O–H groups in total. The van der Waals surface area contributed by atoms with Gasteiger partial charge in [0.2, 0.25) is 0 Å². The number of rotatable bonds is 4. The van der Waals surface area contributed by atoms with Crippen LogP contribution < -0.4 is 0 Å². The molecule has 296 valence electrons. The van der Waals surface area contributed by atoms with Crippen LogP contribution >= 0.6 is 0 Å². The summed E-state index contributed by atoms with van der Waals surface area (Å²) in [5.74, 6) is 0. The van der Waals surface area contributed by atoms with Crippen molar-refractivity contribution in [3.05, 3.63) is 190 Å². The molecule has 0 aliphatic rings. The zero-order valence-corrected chi connectivity index (χ0v) is 36.9. The highest BCUT2D eigenvalue weighted by molar-refractivity contribution is 6.44. The molecule has 0 bridgehead atoms. The van der Waals surface area contributed by atoms with E-state index in [0.29, 0.717) is 0 Å². The lowest BCUT2D eigenvalue weighted by Crippen LogP contribution is -1.92. The molecule has 0 amide bonds. The lowest BCUT2D eigenvalue weighted by atomic mass is 9.87. The summed E-state index contributed by atoms with van der Waals surface area (Å²) in [5.41, 5.74) is 21.1. The van der Waals surface area contributed by atoms with E-state index in [1.807, 2.05) is 0 Å². The Kier molecular flexibility index (Phi) is 7.86. The second kappa shape index (κ2) is 13.2. The van der Waals surface area contributed by atoms with Crippen molar-refractivity contribution in [1.29, 1.82) is 0 Å². The minimum absolute atomic E-state index is 1.31. The van der Waals surface area contributed by atoms with Crippen LogP contribution in [0.1, 0.15) is 44.5 Å². The molecule has 12 aromatic rings. The van der Waals surface area contributed by atoms with Crippen molar-refractivity contribution < 1.29 is 0 Å². The zero-order valence-electron chi connectivity index (χ0n) is 36.9. The summed E-state index contributed by atoms with van der Waals surface area (Å²) in [6.07, 6.45) is 0. The monoisotopic (exact) mass is 792 g/mol. The molecule has 0 saturated heterocycles. The Morgan fingerprint density at radius 2 is 0.419 bits per heavy atom. The molecule has 12 rings (SSSR count). The molecule has 0 heteroatoms. The normalized spacial score (nSPS) is 12.2. The maximum atomic E-state index is 2.57. The Morgan fingerprint density at radius 3 is 0.694 bits per heavy atom. The van der Waals surface area contributed by atoms with E-state index < -0.39 is 0 Å². The second-order valence-corrected chi connectivity index (χ2v) is 18.3. The second-order valence-electron chi connectivity index (χ2n) is 18.3. The lowest BCUT2D eigenvalue weighted by molar-refractivity contribution is 1.38. The first-order valence-electron chi connectivity index (χ1n) is 22.2. The van der Waals surface area contributed by atoms with E-state index in [1.165, 1.54) is 164 Å². The highest BCUT2D eigenvalue weighted by atomic mass is 14.3. The van der Waals surface area contributed by atoms with Crippen LogP contribution in [0.5, 0.6) is 0 Å². The molecule has 0 spiro atoms. The van der Waals surface area contributed by atoms with Gasteiger partial charge in [0.25, 0.3) is 0 Å². The first-order chi connectivity index (χ1) is 30.1. The number of aryl methyl sites for hydroxylation is 8. The summed E-state index contributed by atoms with van der Waals surface area (Å²) in [5, 5.41) is 18.8. The summed E-state index contributed by atoms with van der Waals surface area (Å²) in [6.45, 7) is 18.2. The summed E-state index contributed by atoms with van der Waals surface area (Å²) in [4.78, 5) is 0. The van der Waals surface area contributed by atoms with Gasteiger partial charge in [0, 0.05) is 0 Å². The SMILES string of the molecule is Cc1cccc(C)c1-c1ccc(-c2c(C)cccc2C)c2c3cc4c(cc5c6c(-c7c(C)cccc7C)ccc(-c7c(C)cccc7C)c6c6cccc4c65)c4cccc(c12)c43. The Morgan fingerprint density at radius 1 is 0.194 bits per heavy atom. The lowest BCUT2D eigenvalue weighted by Gasteiger charge is -2.17. The molecule has 0 nitrogen and oxygen atoms in total. The summed E-state index contributed by atoms with van der Waals surface area (Å²) < 4.78 is 0. The van der Waals surface area contributed by atoms with Crippen LogP contribution in [0.3, 0.4) is 0 Å². The van der Waals surface area contributed by atoms with Crippen molar-refractivity contribution in [1.82, 2.24) is 0 Å². The van der Waals surface area contributed by atoms with Gasteiger partial charge in [-0.1, -0.05) is 133 Å². The Bertz CT molecular complexity index is 3540. The van der Waals surface area contributed by atoms with Crippen LogP contribution in [0.2, 0.25) is 0 Å². The topological polar surface area (TPSA) is 0 Å². The van der Waals surface area contributed by atoms with Gasteiger partial charge in [-0.15, -0.1) is 0 Å². The minimum Gasteiger partial charge on any atom is -0.0617 e. The first kappa shape index (κ1) is 36.8. The number of benzene rings is 10. The van der Waals surface area contributed by atoms with Gasteiger partial charge >= 0.3 is 0 Å². The third kappa shape index (κ3) is 4.90. The largest absolute Gasteiger partial charge is 0.0617 e. The molecule has 0 heterocycles. The van der Waals surface area contributed by atoms with E-state index >= 15 is 0 Å². The van der Waals surface area contributed by atoms with Crippen LogP contribution in [-0.2, 0) is 0 Å². The van der Waals surface area contributed by atoms with Crippen molar-refractivity contribution in [2.45, 2.75) is 55.4 Å². The Hall–Kier alpha value is -7.02. The van der Waals surface area contributed by atoms with Crippen LogP contribution in [0.25, 0.3) is 120 Å². The Labute approximate surface area is 363 Å². The van der Waals surface area contributed by atoms with Gasteiger partial charge in [0.15, 0.2) is 0 Å². The van der Waals surface area contributed by atoms with Gasteiger partial charge in [-0.05, 0) is 232 Å². The van der Waals surface area contributed by atoms with Gasteiger partial charge in [0.1, 0.15) is 0 Å². The summed E-state index contributed by atoms with van der Waals surface area (Å²) >= 11 is 0. The van der Waals surface area contributed by atoms with Crippen molar-refractivity contribution >= 4 is 75.4 Å². The molecule has 62 heavy (non-hydrogen) atoms. The molecule has 0 aliphatic carbocycles. The van der Waals surface area contributed by atoms with Gasteiger partial charge < -0.3 is 0 Å². The molecule has 0 saturated carbocycles. The molecule has 0 fully saturated rings. The smallest absolute Gasteiger partial charge is 0.00135 e. The van der Waals surface area contributed by atoms with Crippen molar-refractivity contribution in [3.8, 4) is 44.5 Å². The number of fused-ring (bicyclic) bond motifs is 9. The first-order valence-corrected chi connectivity index (χ1v) is 22.2. The fraction of sp³-hybridized carbons (Fsp3) is 0.129. The number of hydrogen-bond acceptors (Lipinski definition) is 0. The van der Waals surface area contributed by atoms with E-state index in [9.17, 15) is 0 Å². The highest BCUT2D eigenvalue weighted by Gasteiger charge is 2.26. The molecule has 0 radical (unpaired) electrons. The molecule has 0 unspecified atom stereocenters. The quantitative estimate of drug-likeness (QED) is 0.156. The maximum Gasteiger partial charge on any atom is -0.00135 e. The predicted octanol–water partition coefficient (Wildman–Crippen LogP) is 17.8. The maximum absolute atomic E-state index is 2.57. The average Bonchev–Trinajstić information content (AvgIpc) is 3.77. The fourth-order valence-electron chi connectivity index (χ4n) is 12.1. The van der Waals surface area contributed by atoms with E-state index in [0.717, 1.165) is 0 Å². The summed E-state index contributed by atoms with van der Waals surface area (Å²) in [6, 6.07) is 55.9. The molecular formula is C62H48. The van der Waals surface area contributed by atoms with Crippen LogP contribution in [-0.4, -0.2) is 0 Å². The van der Waals surface area contributed by atoms with Gasteiger partial charge in [-0.3, -0.25) is 0 Å². The Balaban J connectivity index is 1.31. The van der Waals surface area contributed by atoms with Crippen LogP contribution in [0, 0.1) is 55.4 Å². The molecule has 0 aromatic heterocycles. The summed E-state index contributed by atoms with van der Waals surface area (Å²) in [7, 11) is 0.